The van der Waals surface area contributed by atoms with E-state index in [1.54, 1.807) is 0 Å². The summed E-state index contributed by atoms with van der Waals surface area (Å²) in [4.78, 5) is -1.77. The minimum Gasteiger partial charge on any atom is -0.495 e. The summed E-state index contributed by atoms with van der Waals surface area (Å²) in [6.07, 6.45) is 0. The normalized spacial score (nSPS) is 12.4. The average molecular weight is 593 g/mol. The van der Waals surface area contributed by atoms with Gasteiger partial charge >= 0.3 is 0 Å². The Morgan fingerprint density at radius 3 is 0.946 bits per heavy atom. The zero-order valence-electron chi connectivity index (χ0n) is 19.4. The summed E-state index contributed by atoms with van der Waals surface area (Å²) in [5.41, 5.74) is 0. The molecule has 0 aliphatic carbocycles. The van der Waals surface area contributed by atoms with Gasteiger partial charge in [-0.25, -0.2) is 0 Å². The highest BCUT2D eigenvalue weighted by Gasteiger charge is 2.27. The van der Waals surface area contributed by atoms with Gasteiger partial charge in [0.2, 0.25) is 0 Å². The summed E-state index contributed by atoms with van der Waals surface area (Å²) < 4.78 is 116. The van der Waals surface area contributed by atoms with Crippen LogP contribution in [-0.2, 0) is 30.4 Å². The molecule has 0 heterocycles. The van der Waals surface area contributed by atoms with Gasteiger partial charge in [0.05, 0.1) is 21.3 Å². The van der Waals surface area contributed by atoms with Crippen molar-refractivity contribution in [3.05, 3.63) is 54.6 Å². The lowest BCUT2D eigenvalue weighted by atomic mass is 10.3. The zero-order valence-corrected chi connectivity index (χ0v) is 22.7. The van der Waals surface area contributed by atoms with E-state index >= 15 is 0 Å². The van der Waals surface area contributed by atoms with E-state index < -0.39 is 53.0 Å². The van der Waals surface area contributed by atoms with Gasteiger partial charge in [-0.15, -0.1) is 0 Å². The molecule has 0 amide bonds. The molecule has 3 aromatic rings. The maximum Gasteiger partial charge on any atom is 0.298 e. The molecule has 200 valence electrons. The van der Waals surface area contributed by atoms with Crippen LogP contribution in [0.25, 0.3) is 0 Å². The Morgan fingerprint density at radius 2 is 0.757 bits per heavy atom. The maximum absolute atomic E-state index is 12.0. The first-order valence-electron chi connectivity index (χ1n) is 9.88. The van der Waals surface area contributed by atoms with E-state index in [4.69, 9.17) is 14.2 Å². The molecule has 0 aliphatic heterocycles. The van der Waals surface area contributed by atoms with Crippen molar-refractivity contribution < 1.29 is 53.1 Å². The second-order valence-corrected chi connectivity index (χ2v) is 13.7. The molecule has 3 rings (SSSR count). The lowest BCUT2D eigenvalue weighted by Crippen LogP contribution is -2.23. The Morgan fingerprint density at radius 1 is 0.514 bits per heavy atom. The Balaban J connectivity index is 2.43. The van der Waals surface area contributed by atoms with Crippen molar-refractivity contribution in [3.63, 3.8) is 0 Å². The quantitative estimate of drug-likeness (QED) is 0.238. The Labute approximate surface area is 214 Å². The van der Waals surface area contributed by atoms with Gasteiger partial charge in [0.15, 0.2) is 0 Å². The molecule has 16 heteroatoms. The molecule has 37 heavy (non-hydrogen) atoms. The molecular formula is C21H21O12PS3. The minimum absolute atomic E-state index is 0.178. The van der Waals surface area contributed by atoms with Crippen LogP contribution in [0.15, 0.2) is 69.3 Å². The molecule has 0 atom stereocenters. The van der Waals surface area contributed by atoms with Crippen LogP contribution in [0.2, 0.25) is 0 Å². The Hall–Kier alpha value is -2.78. The largest absolute Gasteiger partial charge is 0.495 e. The molecular weight excluding hydrogens is 571 g/mol. The van der Waals surface area contributed by atoms with Gasteiger partial charge in [-0.1, -0.05) is 18.2 Å². The van der Waals surface area contributed by atoms with Crippen LogP contribution in [0.3, 0.4) is 0 Å². The topological polar surface area (TPSA) is 191 Å². The molecule has 0 fully saturated rings. The molecule has 0 unspecified atom stereocenters. The molecule has 0 radical (unpaired) electrons. The Bertz CT molecular complexity index is 1470. The number of benzene rings is 3. The molecule has 0 spiro atoms. The number of rotatable bonds is 9. The van der Waals surface area contributed by atoms with Crippen LogP contribution in [-0.4, -0.2) is 60.2 Å². The van der Waals surface area contributed by atoms with Gasteiger partial charge in [0.25, 0.3) is 30.4 Å². The third-order valence-corrected chi connectivity index (χ3v) is 10.1. The molecule has 0 saturated heterocycles. The van der Waals surface area contributed by atoms with Crippen molar-refractivity contribution in [1.29, 1.82) is 0 Å². The van der Waals surface area contributed by atoms with Crippen molar-refractivity contribution in [2.75, 3.05) is 21.3 Å². The molecule has 0 aliphatic rings. The van der Waals surface area contributed by atoms with Crippen molar-refractivity contribution in [1.82, 2.24) is 0 Å². The standard InChI is InChI=1S/C21H21O12PS3/c1-31-16-7-4-13(10-19(16)35(22,23)24)34(14-5-8-17(32-2)20(11-14)36(25,26)27)15-6-9-18(33-3)21(12-15)37(28,29)30/h4-12H,1-3H3,(H,22,23,24)(H,25,26,27)(H,28,29,30). The monoisotopic (exact) mass is 592 g/mol. The molecule has 3 aromatic carbocycles. The molecule has 0 bridgehead atoms. The molecule has 0 saturated carbocycles. The van der Waals surface area contributed by atoms with Crippen LogP contribution in [0.1, 0.15) is 0 Å². The van der Waals surface area contributed by atoms with Crippen molar-refractivity contribution >= 4 is 54.2 Å². The Kier molecular flexibility index (Phi) is 8.19. The van der Waals surface area contributed by atoms with Crippen LogP contribution in [0.4, 0.5) is 0 Å². The fourth-order valence-electron chi connectivity index (χ4n) is 3.47. The minimum atomic E-state index is -4.78. The number of methoxy groups -OCH3 is 3. The van der Waals surface area contributed by atoms with Gasteiger partial charge in [-0.05, 0) is 60.2 Å². The van der Waals surface area contributed by atoms with E-state index in [9.17, 15) is 38.9 Å². The third kappa shape index (κ3) is 6.21. The van der Waals surface area contributed by atoms with Gasteiger partial charge < -0.3 is 14.2 Å². The predicted molar refractivity (Wildman–Crippen MR) is 134 cm³/mol. The summed E-state index contributed by atoms with van der Waals surface area (Å²) >= 11 is 0. The van der Waals surface area contributed by atoms with Crippen molar-refractivity contribution in [3.8, 4) is 17.2 Å². The van der Waals surface area contributed by atoms with Gasteiger partial charge in [0.1, 0.15) is 31.9 Å². The SMILES string of the molecule is COc1ccc(P(c2ccc(OC)c(S(=O)(=O)O)c2)c2ccc(OC)c(S(=O)(=O)O)c2)cc1S(=O)(=O)O. The predicted octanol–water partition coefficient (Wildman–Crippen LogP) is 1.21. The summed E-state index contributed by atoms with van der Waals surface area (Å²) in [6, 6.07) is 11.4. The average Bonchev–Trinajstić information content (AvgIpc) is 2.82. The molecule has 12 nitrogen and oxygen atoms in total. The fraction of sp³-hybridized carbons (Fsp3) is 0.143. The number of hydrogen-bond donors (Lipinski definition) is 3. The highest BCUT2D eigenvalue weighted by molar-refractivity contribution is 7.87. The lowest BCUT2D eigenvalue weighted by molar-refractivity contribution is 0.397. The van der Waals surface area contributed by atoms with E-state index in [2.05, 4.69) is 0 Å². The van der Waals surface area contributed by atoms with Crippen LogP contribution >= 0.6 is 7.92 Å². The molecule has 3 N–H and O–H groups in total. The highest BCUT2D eigenvalue weighted by atomic mass is 32.2. The highest BCUT2D eigenvalue weighted by Crippen LogP contribution is 2.39. The van der Waals surface area contributed by atoms with Crippen LogP contribution < -0.4 is 30.1 Å². The van der Waals surface area contributed by atoms with Gasteiger partial charge in [-0.2, -0.15) is 25.3 Å². The van der Waals surface area contributed by atoms with E-state index in [1.807, 2.05) is 0 Å². The second kappa shape index (κ2) is 10.5. The number of hydrogen-bond acceptors (Lipinski definition) is 9. The van der Waals surface area contributed by atoms with Gasteiger partial charge in [-0.3, -0.25) is 13.7 Å². The molecule has 0 aromatic heterocycles. The van der Waals surface area contributed by atoms with Crippen LogP contribution in [0, 0.1) is 0 Å². The second-order valence-electron chi connectivity index (χ2n) is 7.27. The summed E-state index contributed by atoms with van der Waals surface area (Å²) in [5.74, 6) is -0.534. The summed E-state index contributed by atoms with van der Waals surface area (Å²) in [7, 11) is -12.7. The zero-order chi connectivity index (χ0) is 27.8. The van der Waals surface area contributed by atoms with Crippen molar-refractivity contribution in [2.24, 2.45) is 0 Å². The van der Waals surface area contributed by atoms with E-state index in [-0.39, 0.29) is 33.2 Å². The van der Waals surface area contributed by atoms with Gasteiger partial charge in [0, 0.05) is 0 Å². The summed E-state index contributed by atoms with van der Waals surface area (Å²) in [6.45, 7) is 0. The summed E-state index contributed by atoms with van der Waals surface area (Å²) in [5, 5.41) is 0.629. The van der Waals surface area contributed by atoms with E-state index in [0.717, 1.165) is 18.2 Å². The number of ether oxygens (including phenoxy) is 3. The fourth-order valence-corrected chi connectivity index (χ4v) is 8.11. The first-order chi connectivity index (χ1) is 17.1. The third-order valence-electron chi connectivity index (χ3n) is 5.05. The maximum atomic E-state index is 12.0. The van der Waals surface area contributed by atoms with E-state index in [1.165, 1.54) is 57.7 Å². The van der Waals surface area contributed by atoms with Crippen molar-refractivity contribution in [2.45, 2.75) is 14.7 Å². The lowest BCUT2D eigenvalue weighted by Gasteiger charge is -2.22. The first kappa shape index (κ1) is 28.8. The smallest absolute Gasteiger partial charge is 0.298 e. The van der Waals surface area contributed by atoms with Crippen LogP contribution in [0.5, 0.6) is 17.2 Å². The van der Waals surface area contributed by atoms with E-state index in [0.29, 0.717) is 0 Å². The first-order valence-corrected chi connectivity index (χ1v) is 15.5.